The molecule has 2 unspecified atom stereocenters. The van der Waals surface area contributed by atoms with Crippen molar-refractivity contribution in [3.8, 4) is 0 Å². The van der Waals surface area contributed by atoms with Crippen LogP contribution < -0.4 is 5.32 Å². The number of nitrogens with zero attached hydrogens (tertiary/aromatic N) is 1. The van der Waals surface area contributed by atoms with Gasteiger partial charge in [-0.15, -0.1) is 0 Å². The van der Waals surface area contributed by atoms with Crippen LogP contribution in [-0.2, 0) is 24.5 Å². The van der Waals surface area contributed by atoms with E-state index >= 15 is 0 Å². The quantitative estimate of drug-likeness (QED) is 0.676. The molecule has 2 rings (SSSR count). The van der Waals surface area contributed by atoms with Crippen molar-refractivity contribution < 1.29 is 21.6 Å². The minimum Gasteiger partial charge on any atom is -0.338 e. The van der Waals surface area contributed by atoms with Crippen LogP contribution in [0.2, 0.25) is 0 Å². The molecule has 7 nitrogen and oxygen atoms in total. The minimum absolute atomic E-state index is 0.0321. The van der Waals surface area contributed by atoms with Gasteiger partial charge in [-0.1, -0.05) is 0 Å². The summed E-state index contributed by atoms with van der Waals surface area (Å²) in [5, 5.41) is 2.98. The van der Waals surface area contributed by atoms with Crippen LogP contribution in [0.1, 0.15) is 19.8 Å². The average Bonchev–Trinajstić information content (AvgIpc) is 2.90. The molecule has 2 saturated heterocycles. The Bertz CT molecular complexity index is 599. The minimum atomic E-state index is -3.02. The van der Waals surface area contributed by atoms with Gasteiger partial charge in [0.05, 0.1) is 29.6 Å². The molecule has 2 aliphatic rings. The number of hydrogen-bond acceptors (Lipinski definition) is 6. The van der Waals surface area contributed by atoms with E-state index in [1.54, 1.807) is 4.90 Å². The van der Waals surface area contributed by atoms with Crippen molar-refractivity contribution in [2.24, 2.45) is 0 Å². The van der Waals surface area contributed by atoms with Gasteiger partial charge in [0, 0.05) is 18.6 Å². The lowest BCUT2D eigenvalue weighted by Crippen LogP contribution is -2.47. The van der Waals surface area contributed by atoms with Crippen molar-refractivity contribution in [1.82, 2.24) is 10.2 Å². The third-order valence-electron chi connectivity index (χ3n) is 4.08. The molecular formula is C12H22N2O5S2. The van der Waals surface area contributed by atoms with Crippen LogP contribution in [0.3, 0.4) is 0 Å². The van der Waals surface area contributed by atoms with Crippen LogP contribution in [0, 0.1) is 0 Å². The summed E-state index contributed by atoms with van der Waals surface area (Å²) in [5.74, 6) is 0.241. The molecule has 0 aliphatic carbocycles. The van der Waals surface area contributed by atoms with Crippen molar-refractivity contribution in [1.29, 1.82) is 0 Å². The van der Waals surface area contributed by atoms with Crippen molar-refractivity contribution in [3.05, 3.63) is 0 Å². The highest BCUT2D eigenvalue weighted by Gasteiger charge is 2.34. The summed E-state index contributed by atoms with van der Waals surface area (Å²) in [6.07, 6.45) is 1.01. The van der Waals surface area contributed by atoms with E-state index in [0.717, 1.165) is 0 Å². The second-order valence-corrected chi connectivity index (χ2v) is 10.2. The summed E-state index contributed by atoms with van der Waals surface area (Å²) in [7, 11) is -5.99. The molecule has 122 valence electrons. The van der Waals surface area contributed by atoms with Crippen LogP contribution in [0.4, 0.5) is 0 Å². The maximum absolute atomic E-state index is 12.2. The van der Waals surface area contributed by atoms with E-state index in [4.69, 9.17) is 0 Å². The zero-order valence-corrected chi connectivity index (χ0v) is 13.7. The van der Waals surface area contributed by atoms with E-state index in [0.29, 0.717) is 19.4 Å². The molecule has 2 fully saturated rings. The first kappa shape index (κ1) is 16.7. The molecule has 0 aromatic rings. The molecule has 0 bridgehead atoms. The molecular weight excluding hydrogens is 316 g/mol. The third kappa shape index (κ3) is 4.40. The van der Waals surface area contributed by atoms with Gasteiger partial charge in [0.15, 0.2) is 19.7 Å². The summed E-state index contributed by atoms with van der Waals surface area (Å²) in [5.41, 5.74) is 0. The standard InChI is InChI=1S/C12H22N2O5S2/c1-2-14(11-4-6-21(18,19)9-11)12(15)7-13-10-3-5-20(16,17)8-10/h10-11,13H,2-9H2,1H3. The van der Waals surface area contributed by atoms with E-state index in [9.17, 15) is 21.6 Å². The summed E-state index contributed by atoms with van der Waals surface area (Å²) >= 11 is 0. The van der Waals surface area contributed by atoms with Gasteiger partial charge in [-0.3, -0.25) is 4.79 Å². The molecule has 0 aromatic heterocycles. The summed E-state index contributed by atoms with van der Waals surface area (Å²) < 4.78 is 45.7. The average molecular weight is 338 g/mol. The first-order chi connectivity index (χ1) is 9.72. The number of likely N-dealkylation sites (N-methyl/N-ethyl adjacent to an activating group) is 1. The monoisotopic (exact) mass is 338 g/mol. The van der Waals surface area contributed by atoms with Crippen LogP contribution in [-0.4, -0.2) is 75.8 Å². The van der Waals surface area contributed by atoms with Crippen molar-refractivity contribution in [3.63, 3.8) is 0 Å². The van der Waals surface area contributed by atoms with Crippen molar-refractivity contribution >= 4 is 25.6 Å². The molecule has 0 saturated carbocycles. The van der Waals surface area contributed by atoms with E-state index in [2.05, 4.69) is 5.32 Å². The summed E-state index contributed by atoms with van der Waals surface area (Å²) in [6, 6.07) is -0.424. The smallest absolute Gasteiger partial charge is 0.236 e. The summed E-state index contributed by atoms with van der Waals surface area (Å²) in [4.78, 5) is 13.8. The topological polar surface area (TPSA) is 101 Å². The molecule has 1 amide bonds. The van der Waals surface area contributed by atoms with Gasteiger partial charge in [0.25, 0.3) is 0 Å². The normalized spacial score (nSPS) is 30.3. The Balaban J connectivity index is 1.87. The highest BCUT2D eigenvalue weighted by atomic mass is 32.2. The lowest BCUT2D eigenvalue weighted by Gasteiger charge is -2.27. The van der Waals surface area contributed by atoms with E-state index in [1.165, 1.54) is 0 Å². The number of nitrogens with one attached hydrogen (secondary N) is 1. The molecule has 0 radical (unpaired) electrons. The van der Waals surface area contributed by atoms with Gasteiger partial charge in [-0.25, -0.2) is 16.8 Å². The second-order valence-electron chi connectivity index (χ2n) is 5.72. The first-order valence-electron chi connectivity index (χ1n) is 7.16. The molecule has 2 atom stereocenters. The van der Waals surface area contributed by atoms with Gasteiger partial charge in [-0.05, 0) is 19.8 Å². The van der Waals surface area contributed by atoms with Crippen LogP contribution in [0.5, 0.6) is 0 Å². The molecule has 2 heterocycles. The second kappa shape index (κ2) is 6.21. The lowest BCUT2D eigenvalue weighted by molar-refractivity contribution is -0.131. The summed E-state index contributed by atoms with van der Waals surface area (Å²) in [6.45, 7) is 2.34. The Hall–Kier alpha value is -0.670. The Labute approximate surface area is 125 Å². The fourth-order valence-corrected chi connectivity index (χ4v) is 6.39. The molecule has 9 heteroatoms. The lowest BCUT2D eigenvalue weighted by atomic mass is 10.2. The fraction of sp³-hybridized carbons (Fsp3) is 0.917. The van der Waals surface area contributed by atoms with Gasteiger partial charge in [0.2, 0.25) is 5.91 Å². The first-order valence-corrected chi connectivity index (χ1v) is 10.8. The Morgan fingerprint density at radius 2 is 1.71 bits per heavy atom. The van der Waals surface area contributed by atoms with Gasteiger partial charge >= 0.3 is 0 Å². The van der Waals surface area contributed by atoms with Crippen molar-refractivity contribution in [2.75, 3.05) is 36.1 Å². The van der Waals surface area contributed by atoms with Gasteiger partial charge in [-0.2, -0.15) is 0 Å². The van der Waals surface area contributed by atoms with E-state index < -0.39 is 19.7 Å². The molecule has 21 heavy (non-hydrogen) atoms. The highest BCUT2D eigenvalue weighted by molar-refractivity contribution is 7.91. The van der Waals surface area contributed by atoms with Crippen LogP contribution >= 0.6 is 0 Å². The predicted octanol–water partition coefficient (Wildman–Crippen LogP) is -1.20. The Morgan fingerprint density at radius 3 is 2.19 bits per heavy atom. The number of hydrogen-bond donors (Lipinski definition) is 1. The largest absolute Gasteiger partial charge is 0.338 e. The van der Waals surface area contributed by atoms with Crippen LogP contribution in [0.25, 0.3) is 0 Å². The fourth-order valence-electron chi connectivity index (χ4n) is 2.95. The van der Waals surface area contributed by atoms with Gasteiger partial charge < -0.3 is 10.2 Å². The predicted molar refractivity (Wildman–Crippen MR) is 79.5 cm³/mol. The number of rotatable bonds is 5. The SMILES string of the molecule is CCN(C(=O)CNC1CCS(=O)(=O)C1)C1CCS(=O)(=O)C1. The molecule has 0 spiro atoms. The van der Waals surface area contributed by atoms with E-state index in [1.807, 2.05) is 6.92 Å². The Morgan fingerprint density at radius 1 is 1.10 bits per heavy atom. The number of carbonyl (C=O) groups is 1. The maximum Gasteiger partial charge on any atom is 0.236 e. The molecule has 0 aromatic carbocycles. The number of carbonyl (C=O) groups excluding carboxylic acids is 1. The van der Waals surface area contributed by atoms with E-state index in [-0.39, 0.29) is 47.5 Å². The van der Waals surface area contributed by atoms with Gasteiger partial charge in [0.1, 0.15) is 0 Å². The molecule has 2 aliphatic heterocycles. The maximum atomic E-state index is 12.2. The zero-order valence-electron chi connectivity index (χ0n) is 12.1. The highest BCUT2D eigenvalue weighted by Crippen LogP contribution is 2.18. The third-order valence-corrected chi connectivity index (χ3v) is 7.60. The zero-order chi connectivity index (χ0) is 15.7. The molecule has 1 N–H and O–H groups in total. The van der Waals surface area contributed by atoms with Crippen molar-refractivity contribution in [2.45, 2.75) is 31.8 Å². The van der Waals surface area contributed by atoms with Crippen LogP contribution in [0.15, 0.2) is 0 Å². The Kier molecular flexibility index (Phi) is 4.94. The number of sulfone groups is 2. The number of amides is 1.